The Balaban J connectivity index is 1.27. The Morgan fingerprint density at radius 2 is 1.62 bits per heavy atom. The summed E-state index contributed by atoms with van der Waals surface area (Å²) in [7, 11) is 0. The van der Waals surface area contributed by atoms with Crippen LogP contribution in [0.25, 0.3) is 0 Å². The molecular weight excluding hydrogens is 506 g/mol. The Hall–Kier alpha value is -4.63. The van der Waals surface area contributed by atoms with Crippen molar-refractivity contribution in [2.24, 2.45) is 5.92 Å². The third-order valence-corrected chi connectivity index (χ3v) is 7.36. The fourth-order valence-electron chi connectivity index (χ4n) is 5.07. The van der Waals surface area contributed by atoms with E-state index in [1.807, 2.05) is 30.3 Å². The van der Waals surface area contributed by atoms with Crippen LogP contribution >= 0.6 is 0 Å². The maximum absolute atomic E-state index is 13.6. The molecule has 0 radical (unpaired) electrons. The lowest BCUT2D eigenvalue weighted by molar-refractivity contribution is -0.136. The lowest BCUT2D eigenvalue weighted by Crippen LogP contribution is -2.66. The highest BCUT2D eigenvalue weighted by Crippen LogP contribution is 2.32. The number of allylic oxidation sites excluding steroid dienone is 1. The van der Waals surface area contributed by atoms with E-state index in [4.69, 9.17) is 5.41 Å². The first-order valence-corrected chi connectivity index (χ1v) is 13.3. The molecular formula is C31H33N5O4. The smallest absolute Gasteiger partial charge is 0.316 e. The molecule has 206 valence electrons. The first-order valence-electron chi connectivity index (χ1n) is 13.3. The van der Waals surface area contributed by atoms with E-state index in [0.717, 1.165) is 28.7 Å². The Kier molecular flexibility index (Phi) is 8.12. The van der Waals surface area contributed by atoms with Crippen molar-refractivity contribution in [1.82, 2.24) is 20.9 Å². The number of nitrogens with zero attached hydrogens (tertiary/aromatic N) is 1. The topological polar surface area (TPSA) is 138 Å². The van der Waals surface area contributed by atoms with Gasteiger partial charge in [-0.1, -0.05) is 48.5 Å². The number of benzene rings is 3. The Morgan fingerprint density at radius 1 is 0.950 bits per heavy atom. The monoisotopic (exact) mass is 539 g/mol. The van der Waals surface area contributed by atoms with Gasteiger partial charge in [0.1, 0.15) is 11.5 Å². The second-order valence-electron chi connectivity index (χ2n) is 10.2. The first-order chi connectivity index (χ1) is 19.4. The molecule has 5 rings (SSSR count). The third kappa shape index (κ3) is 6.50. The molecule has 2 aliphatic rings. The molecule has 0 saturated carbocycles. The molecule has 1 heterocycles. The lowest BCUT2D eigenvalue weighted by atomic mass is 9.78. The summed E-state index contributed by atoms with van der Waals surface area (Å²) in [6.45, 7) is 1.02. The summed E-state index contributed by atoms with van der Waals surface area (Å²) in [6, 6.07) is 22.0. The fraction of sp³-hybridized carbons (Fsp3) is 0.258. The van der Waals surface area contributed by atoms with Gasteiger partial charge in [0.25, 0.3) is 0 Å². The Bertz CT molecular complexity index is 1390. The van der Waals surface area contributed by atoms with Crippen molar-refractivity contribution >= 4 is 17.6 Å². The second-order valence-corrected chi connectivity index (χ2v) is 10.2. The highest BCUT2D eigenvalue weighted by Gasteiger charge is 2.37. The van der Waals surface area contributed by atoms with E-state index in [1.54, 1.807) is 53.4 Å². The van der Waals surface area contributed by atoms with Crippen molar-refractivity contribution in [3.05, 3.63) is 107 Å². The standard InChI is InChI=1S/C31H33N5O4/c32-29(22-8-13-25(38)14-9-22)26-15-10-23(26)18-36-19-28(35-31(40)33-17-21-4-2-1-3-5-21)34-27(30(36)39)16-20-6-11-24(37)12-7-20/h1-14,26-28,32,34,37-38H,15-19H2,(H2,33,35,40)/t26?,27-,28?/m0/s1. The molecule has 0 aromatic heterocycles. The number of hydrogen-bond donors (Lipinski definition) is 6. The van der Waals surface area contributed by atoms with Crippen molar-refractivity contribution in [3.63, 3.8) is 0 Å². The largest absolute Gasteiger partial charge is 0.508 e. The van der Waals surface area contributed by atoms with Gasteiger partial charge in [-0.05, 0) is 71.5 Å². The number of rotatable bonds is 9. The number of aromatic hydroxyl groups is 2. The maximum Gasteiger partial charge on any atom is 0.316 e. The molecule has 0 spiro atoms. The van der Waals surface area contributed by atoms with Crippen molar-refractivity contribution in [2.45, 2.75) is 31.6 Å². The van der Waals surface area contributed by atoms with Crippen LogP contribution in [0.3, 0.4) is 0 Å². The molecule has 40 heavy (non-hydrogen) atoms. The van der Waals surface area contributed by atoms with E-state index in [9.17, 15) is 19.8 Å². The molecule has 3 atom stereocenters. The van der Waals surface area contributed by atoms with E-state index in [0.29, 0.717) is 25.2 Å². The van der Waals surface area contributed by atoms with Crippen LogP contribution in [0.1, 0.15) is 23.1 Å². The molecule has 1 fully saturated rings. The number of hydrogen-bond acceptors (Lipinski definition) is 6. The van der Waals surface area contributed by atoms with E-state index >= 15 is 0 Å². The minimum absolute atomic E-state index is 0.0847. The zero-order chi connectivity index (χ0) is 28.1. The molecule has 3 aromatic rings. The van der Waals surface area contributed by atoms with Gasteiger partial charge in [-0.3, -0.25) is 10.1 Å². The van der Waals surface area contributed by atoms with Crippen LogP contribution in [-0.2, 0) is 17.8 Å². The summed E-state index contributed by atoms with van der Waals surface area (Å²) < 4.78 is 0. The minimum atomic E-state index is -0.576. The van der Waals surface area contributed by atoms with Crippen LogP contribution in [0.5, 0.6) is 11.5 Å². The van der Waals surface area contributed by atoms with Crippen LogP contribution in [0.2, 0.25) is 0 Å². The number of carbonyl (C=O) groups is 2. The quantitative estimate of drug-likeness (QED) is 0.183. The Labute approximate surface area is 233 Å². The fourth-order valence-corrected chi connectivity index (χ4v) is 5.07. The van der Waals surface area contributed by atoms with E-state index in [2.05, 4.69) is 22.0 Å². The summed E-state index contributed by atoms with van der Waals surface area (Å²) in [5.41, 5.74) is 4.04. The Morgan fingerprint density at radius 3 is 2.27 bits per heavy atom. The first kappa shape index (κ1) is 27.0. The predicted octanol–water partition coefficient (Wildman–Crippen LogP) is 3.28. The molecule has 2 unspecified atom stereocenters. The molecule has 1 aliphatic heterocycles. The average molecular weight is 540 g/mol. The normalized spacial score (nSPS) is 20.3. The predicted molar refractivity (Wildman–Crippen MR) is 152 cm³/mol. The van der Waals surface area contributed by atoms with E-state index in [1.165, 1.54) is 0 Å². The van der Waals surface area contributed by atoms with Crippen molar-refractivity contribution in [1.29, 1.82) is 5.41 Å². The molecule has 3 amide bonds. The van der Waals surface area contributed by atoms with Crippen LogP contribution < -0.4 is 16.0 Å². The zero-order valence-corrected chi connectivity index (χ0v) is 22.0. The van der Waals surface area contributed by atoms with Crippen LogP contribution in [-0.4, -0.2) is 58.1 Å². The number of amides is 3. The van der Waals surface area contributed by atoms with Gasteiger partial charge in [0.2, 0.25) is 5.91 Å². The summed E-state index contributed by atoms with van der Waals surface area (Å²) in [5, 5.41) is 37.0. The van der Waals surface area contributed by atoms with Crippen LogP contribution in [0.15, 0.2) is 90.5 Å². The van der Waals surface area contributed by atoms with Crippen LogP contribution in [0.4, 0.5) is 4.79 Å². The van der Waals surface area contributed by atoms with Gasteiger partial charge >= 0.3 is 6.03 Å². The maximum atomic E-state index is 13.6. The van der Waals surface area contributed by atoms with Crippen molar-refractivity contribution in [2.75, 3.05) is 13.1 Å². The highest BCUT2D eigenvalue weighted by molar-refractivity contribution is 6.02. The number of urea groups is 1. The summed E-state index contributed by atoms with van der Waals surface area (Å²) >= 11 is 0. The number of phenolic OH excluding ortho intramolecular Hbond substituents is 2. The third-order valence-electron chi connectivity index (χ3n) is 7.36. The van der Waals surface area contributed by atoms with Crippen molar-refractivity contribution < 1.29 is 19.8 Å². The number of carbonyl (C=O) groups excluding carboxylic acids is 2. The molecule has 9 nitrogen and oxygen atoms in total. The van der Waals surface area contributed by atoms with Gasteiger partial charge in [-0.15, -0.1) is 0 Å². The SMILES string of the molecule is N=C(c1ccc(O)cc1)C1CC=C1CN1CC(NC(=O)NCc2ccccc2)N[C@@H](Cc2ccc(O)cc2)C1=O. The molecule has 0 bridgehead atoms. The average Bonchev–Trinajstić information content (AvgIpc) is 2.94. The van der Waals surface area contributed by atoms with Gasteiger partial charge in [-0.25, -0.2) is 4.79 Å². The molecule has 1 saturated heterocycles. The highest BCUT2D eigenvalue weighted by atomic mass is 16.3. The van der Waals surface area contributed by atoms with Crippen LogP contribution in [0, 0.1) is 11.3 Å². The minimum Gasteiger partial charge on any atom is -0.508 e. The molecule has 6 N–H and O–H groups in total. The van der Waals surface area contributed by atoms with E-state index in [-0.39, 0.29) is 35.9 Å². The van der Waals surface area contributed by atoms with E-state index < -0.39 is 12.2 Å². The molecule has 3 aromatic carbocycles. The molecule has 9 heteroatoms. The number of phenols is 2. The summed E-state index contributed by atoms with van der Waals surface area (Å²) in [5.74, 6) is 0.113. The van der Waals surface area contributed by atoms with Gasteiger partial charge in [0, 0.05) is 24.7 Å². The lowest BCUT2D eigenvalue weighted by Gasteiger charge is -2.41. The zero-order valence-electron chi connectivity index (χ0n) is 22.0. The van der Waals surface area contributed by atoms with Gasteiger partial charge in [0.15, 0.2) is 0 Å². The van der Waals surface area contributed by atoms with Crippen molar-refractivity contribution in [3.8, 4) is 11.5 Å². The van der Waals surface area contributed by atoms with Gasteiger partial charge in [0.05, 0.1) is 18.8 Å². The number of nitrogens with one attached hydrogen (secondary N) is 4. The molecule has 1 aliphatic carbocycles. The second kappa shape index (κ2) is 12.0. The summed E-state index contributed by atoms with van der Waals surface area (Å²) in [4.78, 5) is 28.1. The van der Waals surface area contributed by atoms with Gasteiger partial charge < -0.3 is 31.2 Å². The summed E-state index contributed by atoms with van der Waals surface area (Å²) in [6.07, 6.45) is 2.69. The van der Waals surface area contributed by atoms with Gasteiger partial charge in [-0.2, -0.15) is 0 Å². The number of piperazine rings is 1.